The normalized spacial score (nSPS) is 15.8. The third kappa shape index (κ3) is 3.32. The van der Waals surface area contributed by atoms with Crippen LogP contribution in [0.2, 0.25) is 0 Å². The molecular weight excluding hydrogens is 252 g/mol. The second-order valence-electron chi connectivity index (χ2n) is 5.93. The van der Waals surface area contributed by atoms with Gasteiger partial charge in [0.2, 0.25) is 5.75 Å². The van der Waals surface area contributed by atoms with Crippen LogP contribution in [0.1, 0.15) is 46.0 Å². The molecule has 0 saturated heterocycles. The lowest BCUT2D eigenvalue weighted by Crippen LogP contribution is -2.36. The first-order chi connectivity index (χ1) is 9.63. The van der Waals surface area contributed by atoms with Crippen LogP contribution in [0.15, 0.2) is 6.33 Å². The van der Waals surface area contributed by atoms with Gasteiger partial charge in [-0.1, -0.05) is 26.7 Å². The number of hydrogen-bond donors (Lipinski definition) is 1. The molecule has 1 saturated carbocycles. The molecule has 0 unspecified atom stereocenters. The van der Waals surface area contributed by atoms with E-state index in [2.05, 4.69) is 28.7 Å². The minimum Gasteiger partial charge on any atom is -0.490 e. The van der Waals surface area contributed by atoms with Crippen LogP contribution in [0.25, 0.3) is 0 Å². The third-order valence-corrected chi connectivity index (χ3v) is 4.00. The van der Waals surface area contributed by atoms with Gasteiger partial charge in [-0.05, 0) is 25.2 Å². The number of hydrogen-bond acceptors (Lipinski definition) is 5. The Labute approximate surface area is 121 Å². The maximum absolute atomic E-state index is 5.92. The van der Waals surface area contributed by atoms with E-state index < -0.39 is 0 Å². The quantitative estimate of drug-likeness (QED) is 0.866. The molecule has 0 atom stereocenters. The Balaban J connectivity index is 2.27. The van der Waals surface area contributed by atoms with Gasteiger partial charge in [-0.25, -0.2) is 9.97 Å². The van der Waals surface area contributed by atoms with Gasteiger partial charge in [-0.3, -0.25) is 0 Å². The lowest BCUT2D eigenvalue weighted by molar-refractivity contribution is 0.408. The van der Waals surface area contributed by atoms with E-state index in [1.165, 1.54) is 32.0 Å². The molecule has 0 aromatic carbocycles. The number of ether oxygens (including phenoxy) is 1. The smallest absolute Gasteiger partial charge is 0.204 e. The van der Waals surface area contributed by atoms with Crippen LogP contribution < -0.4 is 15.4 Å². The number of aromatic nitrogens is 2. The topological polar surface area (TPSA) is 64.3 Å². The zero-order valence-corrected chi connectivity index (χ0v) is 12.8. The lowest BCUT2D eigenvalue weighted by atomic mass is 10.1. The zero-order valence-electron chi connectivity index (χ0n) is 12.8. The Morgan fingerprint density at radius 2 is 2.05 bits per heavy atom. The average Bonchev–Trinajstić information content (AvgIpc) is 2.93. The SMILES string of the molecule is COc1c(N)ncnc1N(CCC(C)C)C1CCCC1. The highest BCUT2D eigenvalue weighted by atomic mass is 16.5. The molecule has 0 amide bonds. The second kappa shape index (κ2) is 6.77. The number of rotatable bonds is 6. The zero-order chi connectivity index (χ0) is 14.5. The van der Waals surface area contributed by atoms with Gasteiger partial charge in [0.25, 0.3) is 0 Å². The van der Waals surface area contributed by atoms with Gasteiger partial charge < -0.3 is 15.4 Å². The molecule has 0 spiro atoms. The Morgan fingerprint density at radius 1 is 1.35 bits per heavy atom. The van der Waals surface area contributed by atoms with E-state index in [0.29, 0.717) is 23.5 Å². The van der Waals surface area contributed by atoms with E-state index in [1.807, 2.05) is 0 Å². The maximum Gasteiger partial charge on any atom is 0.204 e. The van der Waals surface area contributed by atoms with Gasteiger partial charge >= 0.3 is 0 Å². The van der Waals surface area contributed by atoms with Crippen LogP contribution in [0, 0.1) is 5.92 Å². The van der Waals surface area contributed by atoms with E-state index in [9.17, 15) is 0 Å². The van der Waals surface area contributed by atoms with Crippen molar-refractivity contribution in [1.82, 2.24) is 9.97 Å². The summed E-state index contributed by atoms with van der Waals surface area (Å²) in [7, 11) is 1.63. The van der Waals surface area contributed by atoms with Crippen LogP contribution in [0.4, 0.5) is 11.6 Å². The summed E-state index contributed by atoms with van der Waals surface area (Å²) in [5.74, 6) is 2.56. The van der Waals surface area contributed by atoms with Crippen molar-refractivity contribution in [3.8, 4) is 5.75 Å². The van der Waals surface area contributed by atoms with Gasteiger partial charge in [0.15, 0.2) is 11.6 Å². The largest absolute Gasteiger partial charge is 0.490 e. The molecular formula is C15H26N4O. The highest BCUT2D eigenvalue weighted by Gasteiger charge is 2.27. The standard InChI is InChI=1S/C15H26N4O/c1-11(2)8-9-19(12-6-4-5-7-12)15-13(20-3)14(16)17-10-18-15/h10-12H,4-9H2,1-3H3,(H2,16,17,18). The van der Waals surface area contributed by atoms with Crippen molar-refractivity contribution in [2.75, 3.05) is 24.3 Å². The number of anilines is 2. The first-order valence-corrected chi connectivity index (χ1v) is 7.54. The Morgan fingerprint density at radius 3 is 2.65 bits per heavy atom. The van der Waals surface area contributed by atoms with E-state index in [0.717, 1.165) is 18.8 Å². The molecule has 20 heavy (non-hydrogen) atoms. The molecule has 1 aromatic rings. The molecule has 1 aliphatic rings. The molecule has 5 nitrogen and oxygen atoms in total. The molecule has 1 aromatic heterocycles. The molecule has 1 heterocycles. The number of methoxy groups -OCH3 is 1. The summed E-state index contributed by atoms with van der Waals surface area (Å²) in [6, 6.07) is 0.553. The molecule has 0 radical (unpaired) electrons. The van der Waals surface area contributed by atoms with Crippen LogP contribution in [-0.2, 0) is 0 Å². The first kappa shape index (κ1) is 14.9. The fraction of sp³-hybridized carbons (Fsp3) is 0.733. The fourth-order valence-electron chi connectivity index (χ4n) is 2.85. The summed E-state index contributed by atoms with van der Waals surface area (Å²) in [6.45, 7) is 5.49. The molecule has 2 N–H and O–H groups in total. The highest BCUT2D eigenvalue weighted by molar-refractivity contribution is 5.63. The van der Waals surface area contributed by atoms with E-state index in [-0.39, 0.29) is 0 Å². The maximum atomic E-state index is 5.92. The van der Waals surface area contributed by atoms with Crippen molar-refractivity contribution in [3.63, 3.8) is 0 Å². The highest BCUT2D eigenvalue weighted by Crippen LogP contribution is 2.35. The van der Waals surface area contributed by atoms with E-state index in [1.54, 1.807) is 7.11 Å². The number of nitrogens with two attached hydrogens (primary N) is 1. The summed E-state index contributed by atoms with van der Waals surface area (Å²) in [6.07, 6.45) is 7.72. The van der Waals surface area contributed by atoms with E-state index >= 15 is 0 Å². The number of nitrogens with zero attached hydrogens (tertiary/aromatic N) is 3. The van der Waals surface area contributed by atoms with Gasteiger partial charge in [0.1, 0.15) is 6.33 Å². The van der Waals surface area contributed by atoms with Crippen molar-refractivity contribution in [2.24, 2.45) is 5.92 Å². The van der Waals surface area contributed by atoms with Crippen molar-refractivity contribution >= 4 is 11.6 Å². The molecule has 1 aliphatic carbocycles. The minimum atomic E-state index is 0.421. The average molecular weight is 278 g/mol. The Kier molecular flexibility index (Phi) is 5.04. The molecule has 2 rings (SSSR count). The molecule has 1 fully saturated rings. The number of nitrogen functional groups attached to an aromatic ring is 1. The molecule has 0 bridgehead atoms. The van der Waals surface area contributed by atoms with Gasteiger partial charge in [0.05, 0.1) is 7.11 Å². The summed E-state index contributed by atoms with van der Waals surface area (Å²) >= 11 is 0. The van der Waals surface area contributed by atoms with Crippen LogP contribution in [0.5, 0.6) is 5.75 Å². The van der Waals surface area contributed by atoms with Gasteiger partial charge in [0, 0.05) is 12.6 Å². The monoisotopic (exact) mass is 278 g/mol. The summed E-state index contributed by atoms with van der Waals surface area (Å²) in [4.78, 5) is 10.9. The van der Waals surface area contributed by atoms with E-state index in [4.69, 9.17) is 10.5 Å². The van der Waals surface area contributed by atoms with Crippen LogP contribution in [-0.4, -0.2) is 29.7 Å². The van der Waals surface area contributed by atoms with Crippen LogP contribution >= 0.6 is 0 Å². The van der Waals surface area contributed by atoms with Crippen molar-refractivity contribution in [3.05, 3.63) is 6.33 Å². The van der Waals surface area contributed by atoms with Crippen molar-refractivity contribution in [2.45, 2.75) is 52.0 Å². The van der Waals surface area contributed by atoms with Gasteiger partial charge in [-0.15, -0.1) is 0 Å². The second-order valence-corrected chi connectivity index (χ2v) is 5.93. The minimum absolute atomic E-state index is 0.421. The lowest BCUT2D eigenvalue weighted by Gasteiger charge is -2.31. The Hall–Kier alpha value is -1.52. The Bertz CT molecular complexity index is 430. The summed E-state index contributed by atoms with van der Waals surface area (Å²) < 4.78 is 5.43. The molecule has 0 aliphatic heterocycles. The summed E-state index contributed by atoms with van der Waals surface area (Å²) in [5, 5.41) is 0. The van der Waals surface area contributed by atoms with Crippen molar-refractivity contribution in [1.29, 1.82) is 0 Å². The van der Waals surface area contributed by atoms with Crippen LogP contribution in [0.3, 0.4) is 0 Å². The van der Waals surface area contributed by atoms with Crippen molar-refractivity contribution < 1.29 is 4.74 Å². The van der Waals surface area contributed by atoms with Gasteiger partial charge in [-0.2, -0.15) is 0 Å². The molecule has 112 valence electrons. The predicted molar refractivity (Wildman–Crippen MR) is 82.1 cm³/mol. The summed E-state index contributed by atoms with van der Waals surface area (Å²) in [5.41, 5.74) is 5.92. The third-order valence-electron chi connectivity index (χ3n) is 4.00. The first-order valence-electron chi connectivity index (χ1n) is 7.54. The molecule has 5 heteroatoms. The predicted octanol–water partition coefficient (Wildman–Crippen LogP) is 2.86. The fourth-order valence-corrected chi connectivity index (χ4v) is 2.85.